The molecule has 0 saturated carbocycles. The van der Waals surface area contributed by atoms with Crippen LogP contribution in [-0.4, -0.2) is 80.1 Å². The molecular weight excluding hydrogens is 452 g/mol. The largest absolute Gasteiger partial charge is 0.465 e. The van der Waals surface area contributed by atoms with E-state index in [1.54, 1.807) is 33.7 Å². The number of ether oxygens (including phenoxy) is 1. The molecule has 1 N–H and O–H groups in total. The second-order valence-corrected chi connectivity index (χ2v) is 12.1. The standard InChI is InChI=1S/C26H40N2O5S/c1-7-10-11-15-33-24(32)20-19-22(30)28(18(9-3)16-29)21(23(31)27(14-8-2)17(4)5)26(19)13-12-25(20,6)34-26/h7-8,17-21,29H,1-2,9-16H2,3-6H3/t18-,19-,20-,21?,25+,26?/m0/s1. The molecule has 0 aliphatic carbocycles. The minimum atomic E-state index is -0.727. The second-order valence-electron chi connectivity index (χ2n) is 10.2. The third kappa shape index (κ3) is 4.21. The first-order valence-corrected chi connectivity index (χ1v) is 13.3. The van der Waals surface area contributed by atoms with Crippen LogP contribution in [0.5, 0.6) is 0 Å². The maximum absolute atomic E-state index is 14.1. The average Bonchev–Trinajstić information content (AvgIpc) is 3.36. The molecule has 0 aromatic heterocycles. The van der Waals surface area contributed by atoms with E-state index < -0.39 is 33.4 Å². The molecule has 7 nitrogen and oxygen atoms in total. The Kier molecular flexibility index (Phi) is 8.23. The van der Waals surface area contributed by atoms with Crippen molar-refractivity contribution in [1.82, 2.24) is 9.80 Å². The number of hydrogen-bond acceptors (Lipinski definition) is 6. The van der Waals surface area contributed by atoms with Gasteiger partial charge in [0.05, 0.1) is 35.8 Å². The lowest BCUT2D eigenvalue weighted by atomic mass is 9.66. The Bertz CT molecular complexity index is 828. The van der Waals surface area contributed by atoms with Gasteiger partial charge in [-0.3, -0.25) is 14.4 Å². The first-order chi connectivity index (χ1) is 16.1. The van der Waals surface area contributed by atoms with E-state index in [1.807, 2.05) is 27.7 Å². The van der Waals surface area contributed by atoms with Gasteiger partial charge in [0.15, 0.2) is 0 Å². The van der Waals surface area contributed by atoms with Gasteiger partial charge < -0.3 is 19.6 Å². The van der Waals surface area contributed by atoms with Crippen molar-refractivity contribution in [2.24, 2.45) is 11.8 Å². The second kappa shape index (κ2) is 10.4. The summed E-state index contributed by atoms with van der Waals surface area (Å²) in [6, 6.07) is -1.28. The molecule has 0 aromatic rings. The van der Waals surface area contributed by atoms with E-state index in [0.717, 1.165) is 12.8 Å². The van der Waals surface area contributed by atoms with Crippen LogP contribution in [0.25, 0.3) is 0 Å². The molecule has 0 radical (unpaired) electrons. The van der Waals surface area contributed by atoms with Gasteiger partial charge in [0.2, 0.25) is 11.8 Å². The quantitative estimate of drug-likeness (QED) is 0.256. The van der Waals surface area contributed by atoms with Crippen molar-refractivity contribution < 1.29 is 24.2 Å². The van der Waals surface area contributed by atoms with Crippen molar-refractivity contribution in [3.8, 4) is 0 Å². The van der Waals surface area contributed by atoms with Gasteiger partial charge in [-0.2, -0.15) is 0 Å². The fourth-order valence-electron chi connectivity index (χ4n) is 6.15. The van der Waals surface area contributed by atoms with Crippen LogP contribution < -0.4 is 0 Å². The van der Waals surface area contributed by atoms with Crippen molar-refractivity contribution in [2.75, 3.05) is 19.8 Å². The molecule has 190 valence electrons. The minimum absolute atomic E-state index is 0.0723. The summed E-state index contributed by atoms with van der Waals surface area (Å²) in [7, 11) is 0. The zero-order valence-electron chi connectivity index (χ0n) is 21.0. The van der Waals surface area contributed by atoms with Crippen LogP contribution >= 0.6 is 11.8 Å². The van der Waals surface area contributed by atoms with Crippen molar-refractivity contribution >= 4 is 29.5 Å². The highest BCUT2D eigenvalue weighted by Gasteiger charge is 2.78. The highest BCUT2D eigenvalue weighted by atomic mass is 32.2. The summed E-state index contributed by atoms with van der Waals surface area (Å²) in [5.74, 6) is -1.92. The molecule has 3 rings (SSSR count). The number of esters is 1. The Labute approximate surface area is 208 Å². The maximum Gasteiger partial charge on any atom is 0.311 e. The number of nitrogens with zero attached hydrogens (tertiary/aromatic N) is 2. The topological polar surface area (TPSA) is 87.1 Å². The summed E-state index contributed by atoms with van der Waals surface area (Å²) >= 11 is 1.63. The molecule has 3 fully saturated rings. The van der Waals surface area contributed by atoms with Crippen LogP contribution in [0.2, 0.25) is 0 Å². The van der Waals surface area contributed by atoms with E-state index in [9.17, 15) is 19.5 Å². The van der Waals surface area contributed by atoms with E-state index in [0.29, 0.717) is 25.8 Å². The van der Waals surface area contributed by atoms with Gasteiger partial charge in [-0.15, -0.1) is 24.9 Å². The Hall–Kier alpha value is -1.80. The molecule has 3 heterocycles. The molecule has 6 atom stereocenters. The Balaban J connectivity index is 2.04. The van der Waals surface area contributed by atoms with Gasteiger partial charge >= 0.3 is 5.97 Å². The molecule has 0 aromatic carbocycles. The Morgan fingerprint density at radius 1 is 1.32 bits per heavy atom. The lowest BCUT2D eigenvalue weighted by molar-refractivity contribution is -0.156. The number of hydrogen-bond donors (Lipinski definition) is 1. The predicted molar refractivity (Wildman–Crippen MR) is 134 cm³/mol. The first kappa shape index (κ1) is 26.8. The fraction of sp³-hybridized carbons (Fsp3) is 0.731. The Morgan fingerprint density at radius 3 is 2.59 bits per heavy atom. The first-order valence-electron chi connectivity index (χ1n) is 12.5. The van der Waals surface area contributed by atoms with Gasteiger partial charge in [0.25, 0.3) is 0 Å². The molecule has 34 heavy (non-hydrogen) atoms. The average molecular weight is 493 g/mol. The molecule has 2 unspecified atom stereocenters. The highest BCUT2D eigenvalue weighted by molar-refractivity contribution is 8.02. The van der Waals surface area contributed by atoms with E-state index in [-0.39, 0.29) is 37.0 Å². The van der Waals surface area contributed by atoms with Crippen molar-refractivity contribution in [3.63, 3.8) is 0 Å². The van der Waals surface area contributed by atoms with Crippen molar-refractivity contribution in [3.05, 3.63) is 25.3 Å². The lowest BCUT2D eigenvalue weighted by Gasteiger charge is -2.40. The summed E-state index contributed by atoms with van der Waals surface area (Å²) in [6.07, 6.45) is 6.87. The van der Waals surface area contributed by atoms with E-state index in [1.165, 1.54) is 0 Å². The van der Waals surface area contributed by atoms with Crippen LogP contribution in [0, 0.1) is 11.8 Å². The molecule has 1 spiro atoms. The number of thioether (sulfide) groups is 1. The monoisotopic (exact) mass is 492 g/mol. The number of carbonyl (C=O) groups excluding carboxylic acids is 3. The normalized spacial score (nSPS) is 32.6. The smallest absolute Gasteiger partial charge is 0.311 e. The van der Waals surface area contributed by atoms with Crippen LogP contribution in [0.15, 0.2) is 25.3 Å². The third-order valence-corrected chi connectivity index (χ3v) is 9.79. The summed E-state index contributed by atoms with van der Waals surface area (Å²) in [4.78, 5) is 44.8. The van der Waals surface area contributed by atoms with Gasteiger partial charge in [0.1, 0.15) is 6.04 Å². The van der Waals surface area contributed by atoms with Crippen molar-refractivity contribution in [1.29, 1.82) is 0 Å². The highest BCUT2D eigenvalue weighted by Crippen LogP contribution is 2.71. The molecule has 2 bridgehead atoms. The number of likely N-dealkylation sites (tertiary alicyclic amines) is 1. The van der Waals surface area contributed by atoms with Crippen LogP contribution in [0.4, 0.5) is 0 Å². The minimum Gasteiger partial charge on any atom is -0.465 e. The van der Waals surface area contributed by atoms with Gasteiger partial charge in [-0.05, 0) is 52.9 Å². The number of amides is 2. The van der Waals surface area contributed by atoms with Crippen molar-refractivity contribution in [2.45, 2.75) is 87.4 Å². The van der Waals surface area contributed by atoms with E-state index in [2.05, 4.69) is 13.2 Å². The predicted octanol–water partition coefficient (Wildman–Crippen LogP) is 3.17. The van der Waals surface area contributed by atoms with Crippen LogP contribution in [0.3, 0.4) is 0 Å². The van der Waals surface area contributed by atoms with Crippen LogP contribution in [0.1, 0.15) is 59.8 Å². The van der Waals surface area contributed by atoms with E-state index in [4.69, 9.17) is 4.74 Å². The van der Waals surface area contributed by atoms with Gasteiger partial charge in [-0.25, -0.2) is 0 Å². The number of rotatable bonds is 12. The van der Waals surface area contributed by atoms with Gasteiger partial charge in [0, 0.05) is 17.3 Å². The number of fused-ring (bicyclic) bond motifs is 1. The number of aliphatic hydroxyl groups excluding tert-OH is 1. The lowest BCUT2D eigenvalue weighted by Crippen LogP contribution is -2.58. The molecule has 3 aliphatic heterocycles. The maximum atomic E-state index is 14.1. The number of carbonyl (C=O) groups is 3. The number of aliphatic hydroxyl groups is 1. The zero-order chi connectivity index (χ0) is 25.3. The molecular formula is C26H40N2O5S. The SMILES string of the molecule is C=CCCCOC(=O)[C@@H]1[C@H]2C(=O)N([C@@H](CC)CO)C(C(=O)N(CC=C)C(C)C)C23CC[C@@]1(C)S3. The number of unbranched alkanes of at least 4 members (excludes halogenated alkanes) is 1. The molecule has 8 heteroatoms. The number of allylic oxidation sites excluding steroid dienone is 1. The fourth-order valence-corrected chi connectivity index (χ4v) is 8.47. The summed E-state index contributed by atoms with van der Waals surface area (Å²) in [5.41, 5.74) is 0. The summed E-state index contributed by atoms with van der Waals surface area (Å²) in [5, 5.41) is 10.1. The summed E-state index contributed by atoms with van der Waals surface area (Å²) < 4.78 is 4.48. The zero-order valence-corrected chi connectivity index (χ0v) is 21.8. The Morgan fingerprint density at radius 2 is 2.03 bits per heavy atom. The molecule has 3 saturated heterocycles. The van der Waals surface area contributed by atoms with Crippen LogP contribution in [-0.2, 0) is 19.1 Å². The molecule has 3 aliphatic rings. The molecule has 2 amide bonds. The van der Waals surface area contributed by atoms with E-state index >= 15 is 0 Å². The third-order valence-electron chi connectivity index (χ3n) is 7.81. The summed E-state index contributed by atoms with van der Waals surface area (Å²) in [6.45, 7) is 15.8. The van der Waals surface area contributed by atoms with Gasteiger partial charge in [-0.1, -0.05) is 19.1 Å².